The molecule has 4 nitrogen and oxygen atoms in total. The first-order valence-electron chi connectivity index (χ1n) is 20.4. The molecule has 1 aliphatic carbocycles. The standard InChI is InChI=1S/C52H42BN3O/c1-51(2)26-27-52(3,4)40-30-44-38(28-39(40)51)48-50(57-44)53-46-37(35-23-15-22-34-33-20-11-13-24-41(33)54-47(34)35)29-43(45-36-21-12-14-25-42(36)56(48)49(45)46)55(31-16-7-5-8-17-31)32-18-9-6-10-19-32/h5-25,28-30,53-54H,26-27H2,1-4H3. The van der Waals surface area contributed by atoms with Crippen LogP contribution < -0.4 is 16.0 Å². The molecular weight excluding hydrogens is 693 g/mol. The average molecular weight is 736 g/mol. The molecule has 274 valence electrons. The van der Waals surface area contributed by atoms with Crippen molar-refractivity contribution in [3.8, 4) is 16.8 Å². The molecule has 0 atom stereocenters. The summed E-state index contributed by atoms with van der Waals surface area (Å²) in [4.78, 5) is 6.31. The van der Waals surface area contributed by atoms with Crippen LogP contribution in [0.3, 0.4) is 0 Å². The van der Waals surface area contributed by atoms with Gasteiger partial charge in [-0.1, -0.05) is 119 Å². The number of para-hydroxylation sites is 5. The molecule has 0 bridgehead atoms. The number of anilines is 3. The molecule has 4 heterocycles. The van der Waals surface area contributed by atoms with E-state index in [1.165, 1.54) is 77.8 Å². The minimum absolute atomic E-state index is 0.0777. The van der Waals surface area contributed by atoms with E-state index in [4.69, 9.17) is 4.42 Å². The highest BCUT2D eigenvalue weighted by Gasteiger charge is 2.39. The molecular formula is C52H42BN3O. The van der Waals surface area contributed by atoms with Gasteiger partial charge >= 0.3 is 0 Å². The van der Waals surface area contributed by atoms with Crippen molar-refractivity contribution in [1.82, 2.24) is 9.55 Å². The maximum atomic E-state index is 7.13. The molecule has 2 aliphatic rings. The van der Waals surface area contributed by atoms with Gasteiger partial charge in [-0.15, -0.1) is 0 Å². The van der Waals surface area contributed by atoms with E-state index in [2.05, 4.69) is 188 Å². The molecule has 0 saturated heterocycles. The molecule has 1 aliphatic heterocycles. The molecule has 0 saturated carbocycles. The molecule has 12 rings (SSSR count). The van der Waals surface area contributed by atoms with E-state index < -0.39 is 0 Å². The maximum Gasteiger partial charge on any atom is 0.244 e. The molecule has 0 radical (unpaired) electrons. The molecule has 0 fully saturated rings. The lowest BCUT2D eigenvalue weighted by Gasteiger charge is -2.41. The molecule has 57 heavy (non-hydrogen) atoms. The Kier molecular flexibility index (Phi) is 6.64. The van der Waals surface area contributed by atoms with Crippen LogP contribution in [0.5, 0.6) is 0 Å². The fraction of sp³-hybridized carbons (Fsp3) is 0.154. The second kappa shape index (κ2) is 11.5. The van der Waals surface area contributed by atoms with Gasteiger partial charge < -0.3 is 18.9 Å². The highest BCUT2D eigenvalue weighted by atomic mass is 16.3. The Morgan fingerprint density at radius 3 is 1.98 bits per heavy atom. The number of hydrogen-bond donors (Lipinski definition) is 1. The number of furan rings is 1. The number of hydrogen-bond acceptors (Lipinski definition) is 2. The highest BCUT2D eigenvalue weighted by Crippen LogP contribution is 2.50. The summed E-state index contributed by atoms with van der Waals surface area (Å²) in [5.41, 5.74) is 18.1. The minimum Gasteiger partial charge on any atom is -0.469 e. The molecule has 10 aromatic rings. The van der Waals surface area contributed by atoms with E-state index >= 15 is 0 Å². The highest BCUT2D eigenvalue weighted by molar-refractivity contribution is 6.73. The molecule has 5 heteroatoms. The van der Waals surface area contributed by atoms with Crippen molar-refractivity contribution >= 4 is 90.0 Å². The summed E-state index contributed by atoms with van der Waals surface area (Å²) >= 11 is 0. The number of rotatable bonds is 4. The number of aromatic amines is 1. The van der Waals surface area contributed by atoms with Crippen molar-refractivity contribution in [3.05, 3.63) is 157 Å². The zero-order valence-electron chi connectivity index (χ0n) is 32.8. The van der Waals surface area contributed by atoms with Gasteiger partial charge in [0.2, 0.25) is 7.28 Å². The second-order valence-corrected chi connectivity index (χ2v) is 17.6. The number of fused-ring (bicyclic) bond motifs is 11. The van der Waals surface area contributed by atoms with Crippen LogP contribution >= 0.6 is 0 Å². The van der Waals surface area contributed by atoms with Gasteiger partial charge in [-0.2, -0.15) is 0 Å². The third-order valence-electron chi connectivity index (χ3n) is 13.4. The van der Waals surface area contributed by atoms with Crippen LogP contribution in [0.15, 0.2) is 150 Å². The van der Waals surface area contributed by atoms with Gasteiger partial charge in [-0.25, -0.2) is 0 Å². The summed E-state index contributed by atoms with van der Waals surface area (Å²) < 4.78 is 9.69. The Morgan fingerprint density at radius 1 is 0.614 bits per heavy atom. The topological polar surface area (TPSA) is 37.1 Å². The third-order valence-corrected chi connectivity index (χ3v) is 13.4. The van der Waals surface area contributed by atoms with Crippen LogP contribution in [-0.4, -0.2) is 16.8 Å². The van der Waals surface area contributed by atoms with Gasteiger partial charge in [0.25, 0.3) is 0 Å². The Labute approximate surface area is 332 Å². The van der Waals surface area contributed by atoms with Crippen LogP contribution in [0.25, 0.3) is 71.4 Å². The lowest BCUT2D eigenvalue weighted by Crippen LogP contribution is -2.36. The Hall–Kier alpha value is -6.46. The predicted octanol–water partition coefficient (Wildman–Crippen LogP) is 12.4. The molecule has 3 aromatic heterocycles. The zero-order valence-corrected chi connectivity index (χ0v) is 32.8. The quantitative estimate of drug-likeness (QED) is 0.183. The van der Waals surface area contributed by atoms with E-state index in [0.717, 1.165) is 45.8 Å². The predicted molar refractivity (Wildman–Crippen MR) is 242 cm³/mol. The van der Waals surface area contributed by atoms with E-state index in [1.54, 1.807) is 0 Å². The first kappa shape index (κ1) is 32.8. The van der Waals surface area contributed by atoms with Crippen LogP contribution in [0.4, 0.5) is 17.1 Å². The summed E-state index contributed by atoms with van der Waals surface area (Å²) in [7, 11) is 0.692. The van der Waals surface area contributed by atoms with Crippen molar-refractivity contribution in [2.45, 2.75) is 51.4 Å². The lowest BCUT2D eigenvalue weighted by atomic mass is 9.61. The monoisotopic (exact) mass is 735 g/mol. The molecule has 7 aromatic carbocycles. The number of H-pyrrole nitrogens is 1. The third kappa shape index (κ3) is 4.57. The van der Waals surface area contributed by atoms with Crippen molar-refractivity contribution in [2.24, 2.45) is 0 Å². The fourth-order valence-corrected chi connectivity index (χ4v) is 10.4. The SMILES string of the molecule is CC1(C)CCC(C)(C)c2cc3c4c(oc3cc21)Bc1c(-c2cccc3c2[nH]c2ccccc23)cc(N(c2ccccc2)c2ccccc2)c2c3ccccc3n-4c12. The second-order valence-electron chi connectivity index (χ2n) is 17.6. The van der Waals surface area contributed by atoms with Crippen LogP contribution in [0.2, 0.25) is 0 Å². The molecule has 0 spiro atoms. The first-order chi connectivity index (χ1) is 27.8. The van der Waals surface area contributed by atoms with E-state index in [-0.39, 0.29) is 10.8 Å². The summed E-state index contributed by atoms with van der Waals surface area (Å²) in [6.45, 7) is 9.64. The van der Waals surface area contributed by atoms with Crippen LogP contribution in [-0.2, 0) is 10.8 Å². The van der Waals surface area contributed by atoms with E-state index in [1.807, 2.05) is 0 Å². The summed E-state index contributed by atoms with van der Waals surface area (Å²) in [6.07, 6.45) is 2.33. The largest absolute Gasteiger partial charge is 0.469 e. The zero-order chi connectivity index (χ0) is 38.2. The Morgan fingerprint density at radius 2 is 1.25 bits per heavy atom. The summed E-state index contributed by atoms with van der Waals surface area (Å²) in [6, 6.07) is 53.5. The fourth-order valence-electron chi connectivity index (χ4n) is 10.4. The number of aromatic nitrogens is 2. The number of nitrogens with one attached hydrogen (secondary N) is 1. The smallest absolute Gasteiger partial charge is 0.244 e. The van der Waals surface area contributed by atoms with E-state index in [9.17, 15) is 0 Å². The van der Waals surface area contributed by atoms with Gasteiger partial charge in [-0.3, -0.25) is 0 Å². The van der Waals surface area contributed by atoms with Crippen molar-refractivity contribution in [2.75, 3.05) is 4.90 Å². The summed E-state index contributed by atoms with van der Waals surface area (Å²) in [5, 5.41) is 6.16. The number of benzene rings is 7. The van der Waals surface area contributed by atoms with Gasteiger partial charge in [0, 0.05) is 49.4 Å². The summed E-state index contributed by atoms with van der Waals surface area (Å²) in [5.74, 6) is 0. The normalized spacial score (nSPS) is 15.3. The van der Waals surface area contributed by atoms with Gasteiger partial charge in [-0.05, 0) is 100 Å². The van der Waals surface area contributed by atoms with Gasteiger partial charge in [0.1, 0.15) is 5.58 Å². The Balaban J connectivity index is 1.26. The molecule has 0 amide bonds. The lowest BCUT2D eigenvalue weighted by molar-refractivity contribution is 0.332. The van der Waals surface area contributed by atoms with Gasteiger partial charge in [0.05, 0.1) is 33.6 Å². The van der Waals surface area contributed by atoms with Crippen LogP contribution in [0.1, 0.15) is 51.7 Å². The van der Waals surface area contributed by atoms with Crippen molar-refractivity contribution in [3.63, 3.8) is 0 Å². The Bertz CT molecular complexity index is 3230. The maximum absolute atomic E-state index is 7.13. The average Bonchev–Trinajstić information content (AvgIpc) is 3.91. The van der Waals surface area contributed by atoms with Crippen molar-refractivity contribution < 1.29 is 4.42 Å². The van der Waals surface area contributed by atoms with Gasteiger partial charge in [0.15, 0.2) is 0 Å². The minimum atomic E-state index is 0.0777. The van der Waals surface area contributed by atoms with Crippen LogP contribution in [0, 0.1) is 0 Å². The molecule has 1 N–H and O–H groups in total. The number of nitrogens with zero attached hydrogens (tertiary/aromatic N) is 2. The molecule has 0 unspecified atom stereocenters. The first-order valence-corrected chi connectivity index (χ1v) is 20.4. The van der Waals surface area contributed by atoms with Crippen molar-refractivity contribution in [1.29, 1.82) is 0 Å². The van der Waals surface area contributed by atoms with E-state index in [0.29, 0.717) is 7.28 Å².